The molecule has 19 heavy (non-hydrogen) atoms. The Bertz CT molecular complexity index is 475. The molecule has 1 heterocycles. The number of hydrogen-bond acceptors (Lipinski definition) is 4. The summed E-state index contributed by atoms with van der Waals surface area (Å²) in [6.07, 6.45) is 4.14. The molecule has 0 bridgehead atoms. The molecule has 0 aliphatic heterocycles. The number of furan rings is 1. The van der Waals surface area contributed by atoms with Crippen LogP contribution in [0.1, 0.15) is 40.2 Å². The summed E-state index contributed by atoms with van der Waals surface area (Å²) in [5, 5.41) is 11.5. The molecule has 1 fully saturated rings. The standard InChI is InChI=1S/C13H17NO5/c1-18-5-4-13(2-3-13)8-14-11(15)10-6-9(7-19-10)12(16)17/h6-7H,2-5,8H2,1H3,(H,14,15)(H,16,17). The van der Waals surface area contributed by atoms with Crippen LogP contribution in [0.5, 0.6) is 0 Å². The van der Waals surface area contributed by atoms with Crippen LogP contribution in [-0.2, 0) is 4.74 Å². The monoisotopic (exact) mass is 267 g/mol. The fraction of sp³-hybridized carbons (Fsp3) is 0.538. The van der Waals surface area contributed by atoms with Gasteiger partial charge in [-0.25, -0.2) is 4.79 Å². The first-order valence-corrected chi connectivity index (χ1v) is 6.15. The Morgan fingerprint density at radius 3 is 2.79 bits per heavy atom. The number of methoxy groups -OCH3 is 1. The van der Waals surface area contributed by atoms with Gasteiger partial charge < -0.3 is 19.6 Å². The van der Waals surface area contributed by atoms with Crippen LogP contribution in [-0.4, -0.2) is 37.2 Å². The lowest BCUT2D eigenvalue weighted by atomic mass is 10.0. The Morgan fingerprint density at radius 1 is 1.53 bits per heavy atom. The second-order valence-electron chi connectivity index (χ2n) is 4.93. The van der Waals surface area contributed by atoms with E-state index in [1.807, 2.05) is 0 Å². The number of hydrogen-bond donors (Lipinski definition) is 2. The van der Waals surface area contributed by atoms with Crippen molar-refractivity contribution >= 4 is 11.9 Å². The lowest BCUT2D eigenvalue weighted by molar-refractivity contribution is 0.0696. The lowest BCUT2D eigenvalue weighted by Gasteiger charge is -2.14. The average molecular weight is 267 g/mol. The van der Waals surface area contributed by atoms with E-state index in [1.165, 1.54) is 6.07 Å². The molecule has 0 atom stereocenters. The van der Waals surface area contributed by atoms with Crippen LogP contribution in [0.2, 0.25) is 0 Å². The van der Waals surface area contributed by atoms with Gasteiger partial charge in [-0.3, -0.25) is 4.79 Å². The van der Waals surface area contributed by atoms with Crippen molar-refractivity contribution < 1.29 is 23.8 Å². The molecule has 6 heteroatoms. The topological polar surface area (TPSA) is 88.8 Å². The van der Waals surface area contributed by atoms with Crippen LogP contribution in [0.25, 0.3) is 0 Å². The molecule has 1 aliphatic carbocycles. The summed E-state index contributed by atoms with van der Waals surface area (Å²) in [5.74, 6) is -1.46. The van der Waals surface area contributed by atoms with Crippen LogP contribution >= 0.6 is 0 Å². The second kappa shape index (κ2) is 5.44. The predicted octanol–water partition coefficient (Wildman–Crippen LogP) is 1.52. The highest BCUT2D eigenvalue weighted by atomic mass is 16.5. The lowest BCUT2D eigenvalue weighted by Crippen LogP contribution is -2.30. The molecule has 0 saturated heterocycles. The number of carboxylic acids is 1. The molecule has 1 aliphatic rings. The number of amides is 1. The van der Waals surface area contributed by atoms with Gasteiger partial charge in [0.1, 0.15) is 6.26 Å². The number of carbonyl (C=O) groups excluding carboxylic acids is 1. The van der Waals surface area contributed by atoms with Gasteiger partial charge in [-0.15, -0.1) is 0 Å². The Labute approximate surface area is 110 Å². The van der Waals surface area contributed by atoms with Crippen molar-refractivity contribution in [3.8, 4) is 0 Å². The highest BCUT2D eigenvalue weighted by Gasteiger charge is 2.42. The minimum absolute atomic E-state index is 0.0225. The van der Waals surface area contributed by atoms with E-state index in [1.54, 1.807) is 7.11 Å². The molecular formula is C13H17NO5. The van der Waals surface area contributed by atoms with E-state index in [-0.39, 0.29) is 22.6 Å². The Kier molecular flexibility index (Phi) is 3.90. The van der Waals surface area contributed by atoms with E-state index in [9.17, 15) is 9.59 Å². The number of rotatable bonds is 7. The minimum atomic E-state index is -1.11. The summed E-state index contributed by atoms with van der Waals surface area (Å²) in [4.78, 5) is 22.5. The zero-order chi connectivity index (χ0) is 13.9. The largest absolute Gasteiger partial charge is 0.478 e. The molecule has 1 aromatic heterocycles. The van der Waals surface area contributed by atoms with Gasteiger partial charge in [-0.1, -0.05) is 0 Å². The van der Waals surface area contributed by atoms with Gasteiger partial charge in [0.2, 0.25) is 0 Å². The molecule has 2 N–H and O–H groups in total. The Hall–Kier alpha value is -1.82. The fourth-order valence-electron chi connectivity index (χ4n) is 1.93. The molecule has 0 spiro atoms. The summed E-state index contributed by atoms with van der Waals surface area (Å²) in [7, 11) is 1.66. The third-order valence-electron chi connectivity index (χ3n) is 3.49. The molecule has 0 radical (unpaired) electrons. The maximum atomic E-state index is 11.8. The Morgan fingerprint density at radius 2 is 2.26 bits per heavy atom. The van der Waals surface area contributed by atoms with E-state index >= 15 is 0 Å². The fourth-order valence-corrected chi connectivity index (χ4v) is 1.93. The van der Waals surface area contributed by atoms with Gasteiger partial charge >= 0.3 is 5.97 Å². The summed E-state index contributed by atoms with van der Waals surface area (Å²) in [6, 6.07) is 1.23. The van der Waals surface area contributed by atoms with Crippen LogP contribution in [0.4, 0.5) is 0 Å². The van der Waals surface area contributed by atoms with Crippen molar-refractivity contribution in [1.29, 1.82) is 0 Å². The van der Waals surface area contributed by atoms with Crippen LogP contribution in [0.15, 0.2) is 16.7 Å². The summed E-state index contributed by atoms with van der Waals surface area (Å²) < 4.78 is 9.98. The van der Waals surface area contributed by atoms with Gasteiger partial charge in [0.15, 0.2) is 5.76 Å². The van der Waals surface area contributed by atoms with Crippen LogP contribution in [0, 0.1) is 5.41 Å². The van der Waals surface area contributed by atoms with Crippen molar-refractivity contribution in [3.63, 3.8) is 0 Å². The molecule has 1 saturated carbocycles. The zero-order valence-electron chi connectivity index (χ0n) is 10.8. The van der Waals surface area contributed by atoms with E-state index in [4.69, 9.17) is 14.3 Å². The van der Waals surface area contributed by atoms with Crippen LogP contribution < -0.4 is 5.32 Å². The summed E-state index contributed by atoms with van der Waals surface area (Å²) in [6.45, 7) is 1.25. The molecule has 1 aromatic rings. The smallest absolute Gasteiger partial charge is 0.338 e. The molecule has 6 nitrogen and oxygen atoms in total. The van der Waals surface area contributed by atoms with Crippen molar-refractivity contribution in [2.24, 2.45) is 5.41 Å². The molecule has 104 valence electrons. The quantitative estimate of drug-likeness (QED) is 0.782. The molecule has 0 unspecified atom stereocenters. The first kappa shape index (κ1) is 13.6. The third-order valence-corrected chi connectivity index (χ3v) is 3.49. The Balaban J connectivity index is 1.85. The van der Waals surface area contributed by atoms with Crippen molar-refractivity contribution in [2.75, 3.05) is 20.3 Å². The van der Waals surface area contributed by atoms with Crippen molar-refractivity contribution in [1.82, 2.24) is 5.32 Å². The SMILES string of the molecule is COCCC1(CNC(=O)c2cc(C(=O)O)co2)CC1. The maximum absolute atomic E-state index is 11.8. The van der Waals surface area contributed by atoms with Gasteiger partial charge in [0.25, 0.3) is 5.91 Å². The van der Waals surface area contributed by atoms with E-state index in [0.717, 1.165) is 25.5 Å². The predicted molar refractivity (Wildman–Crippen MR) is 66.2 cm³/mol. The first-order chi connectivity index (χ1) is 9.06. The van der Waals surface area contributed by atoms with Gasteiger partial charge in [0.05, 0.1) is 5.56 Å². The number of carbonyl (C=O) groups is 2. The summed E-state index contributed by atoms with van der Waals surface area (Å²) in [5.41, 5.74) is 0.124. The average Bonchev–Trinajstić information content (AvgIpc) is 2.97. The number of nitrogens with one attached hydrogen (secondary N) is 1. The zero-order valence-corrected chi connectivity index (χ0v) is 10.8. The highest BCUT2D eigenvalue weighted by Crippen LogP contribution is 2.48. The number of carboxylic acid groups (broad SMARTS) is 1. The number of aromatic carboxylic acids is 1. The van der Waals surface area contributed by atoms with Gasteiger partial charge in [0, 0.05) is 26.3 Å². The van der Waals surface area contributed by atoms with E-state index in [0.29, 0.717) is 13.2 Å². The third kappa shape index (κ3) is 3.35. The maximum Gasteiger partial charge on any atom is 0.338 e. The summed E-state index contributed by atoms with van der Waals surface area (Å²) >= 11 is 0. The van der Waals surface area contributed by atoms with E-state index < -0.39 is 5.97 Å². The molecule has 1 amide bonds. The first-order valence-electron chi connectivity index (χ1n) is 6.15. The highest BCUT2D eigenvalue weighted by molar-refractivity contribution is 5.95. The minimum Gasteiger partial charge on any atom is -0.478 e. The van der Waals surface area contributed by atoms with Crippen molar-refractivity contribution in [3.05, 3.63) is 23.7 Å². The van der Waals surface area contributed by atoms with Gasteiger partial charge in [-0.2, -0.15) is 0 Å². The molecular weight excluding hydrogens is 250 g/mol. The number of ether oxygens (including phenoxy) is 1. The second-order valence-corrected chi connectivity index (χ2v) is 4.93. The van der Waals surface area contributed by atoms with E-state index in [2.05, 4.69) is 5.32 Å². The normalized spacial score (nSPS) is 16.1. The molecule has 2 rings (SSSR count). The van der Waals surface area contributed by atoms with Crippen LogP contribution in [0.3, 0.4) is 0 Å². The van der Waals surface area contributed by atoms with Gasteiger partial charge in [-0.05, 0) is 24.7 Å². The van der Waals surface area contributed by atoms with Crippen molar-refractivity contribution in [2.45, 2.75) is 19.3 Å². The molecule has 0 aromatic carbocycles.